The lowest BCUT2D eigenvalue weighted by Gasteiger charge is -2.07. The fourth-order valence-electron chi connectivity index (χ4n) is 3.16. The molecule has 0 bridgehead atoms. The Bertz CT molecular complexity index is 1480. The molecule has 5 rings (SSSR count). The quantitative estimate of drug-likeness (QED) is 0.394. The molecule has 0 amide bonds. The van der Waals surface area contributed by atoms with Gasteiger partial charge in [0.25, 0.3) is 0 Å². The molecule has 0 radical (unpaired) electrons. The van der Waals surface area contributed by atoms with E-state index in [0.717, 1.165) is 21.9 Å². The molecule has 124 valence electrons. The molecule has 2 aromatic heterocycles. The molecule has 0 saturated carbocycles. The van der Waals surface area contributed by atoms with E-state index in [2.05, 4.69) is 9.97 Å². The number of benzene rings is 3. The minimum atomic E-state index is -0.434. The second-order valence-electron chi connectivity index (χ2n) is 5.97. The average molecular weight is 341 g/mol. The number of hydrogen-bond donors (Lipinski definition) is 0. The fraction of sp³-hybridized carbons (Fsp3) is 0.0435. The van der Waals surface area contributed by atoms with Crippen LogP contribution in [0, 0.1) is 6.92 Å². The van der Waals surface area contributed by atoms with Crippen LogP contribution in [0.2, 0.25) is 0 Å². The summed E-state index contributed by atoms with van der Waals surface area (Å²) in [4.78, 5) is 8.92. The third-order valence-corrected chi connectivity index (χ3v) is 4.27. The van der Waals surface area contributed by atoms with Crippen molar-refractivity contribution in [1.29, 1.82) is 0 Å². The van der Waals surface area contributed by atoms with Crippen LogP contribution in [-0.2, 0) is 0 Å². The number of para-hydroxylation sites is 2. The second-order valence-corrected chi connectivity index (χ2v) is 5.97. The van der Waals surface area contributed by atoms with Gasteiger partial charge >= 0.3 is 0 Å². The van der Waals surface area contributed by atoms with Crippen LogP contribution in [0.3, 0.4) is 0 Å². The maximum atomic E-state index is 8.27. The van der Waals surface area contributed by atoms with Crippen LogP contribution >= 0.6 is 0 Å². The molecule has 0 atom stereocenters. The molecule has 0 unspecified atom stereocenters. The van der Waals surface area contributed by atoms with Crippen LogP contribution in [0.25, 0.3) is 44.5 Å². The zero-order valence-electron chi connectivity index (χ0n) is 18.9. The predicted molar refractivity (Wildman–Crippen MR) is 105 cm³/mol. The number of aryl methyl sites for hydroxylation is 1. The first-order valence-electron chi connectivity index (χ1n) is 10.7. The van der Waals surface area contributed by atoms with Gasteiger partial charge in [0.2, 0.25) is 0 Å². The lowest BCUT2D eigenvalue weighted by Crippen LogP contribution is -1.94. The SMILES string of the molecule is [2H]c1c([2H])c([2H])c(-c2cc(-c3cccc4c3oc3ccccc34)nc(C)n2)c([2H])c1[2H]. The van der Waals surface area contributed by atoms with Gasteiger partial charge in [-0.1, -0.05) is 60.5 Å². The van der Waals surface area contributed by atoms with Gasteiger partial charge < -0.3 is 4.42 Å². The highest BCUT2D eigenvalue weighted by Crippen LogP contribution is 2.35. The Labute approximate surface area is 158 Å². The van der Waals surface area contributed by atoms with Crippen molar-refractivity contribution < 1.29 is 11.3 Å². The number of fused-ring (bicyclic) bond motifs is 3. The summed E-state index contributed by atoms with van der Waals surface area (Å²) in [5.74, 6) is 0.424. The van der Waals surface area contributed by atoms with E-state index in [1.807, 2.05) is 42.5 Å². The first-order valence-corrected chi connectivity index (χ1v) is 8.20. The van der Waals surface area contributed by atoms with Gasteiger partial charge in [-0.15, -0.1) is 0 Å². The van der Waals surface area contributed by atoms with E-state index in [9.17, 15) is 0 Å². The minimum Gasteiger partial charge on any atom is -0.455 e. The summed E-state index contributed by atoms with van der Waals surface area (Å²) in [7, 11) is 0. The predicted octanol–water partition coefficient (Wildman–Crippen LogP) is 6.02. The molecule has 0 aliphatic heterocycles. The molecule has 26 heavy (non-hydrogen) atoms. The van der Waals surface area contributed by atoms with Gasteiger partial charge in [-0.3, -0.25) is 0 Å². The Morgan fingerprint density at radius 1 is 0.846 bits per heavy atom. The molecule has 0 spiro atoms. The van der Waals surface area contributed by atoms with Crippen molar-refractivity contribution in [2.24, 2.45) is 0 Å². The summed E-state index contributed by atoms with van der Waals surface area (Å²) < 4.78 is 46.4. The lowest BCUT2D eigenvalue weighted by molar-refractivity contribution is 0.670. The van der Waals surface area contributed by atoms with E-state index < -0.39 is 18.1 Å². The summed E-state index contributed by atoms with van der Waals surface area (Å²) in [6.45, 7) is 1.71. The Morgan fingerprint density at radius 2 is 1.62 bits per heavy atom. The third kappa shape index (κ3) is 2.37. The van der Waals surface area contributed by atoms with E-state index in [-0.39, 0.29) is 23.3 Å². The van der Waals surface area contributed by atoms with Crippen LogP contribution in [0.15, 0.2) is 83.2 Å². The van der Waals surface area contributed by atoms with Crippen LogP contribution < -0.4 is 0 Å². The van der Waals surface area contributed by atoms with Gasteiger partial charge in [-0.25, -0.2) is 9.97 Å². The molecule has 0 aliphatic rings. The molecule has 0 aliphatic carbocycles. The van der Waals surface area contributed by atoms with Crippen molar-refractivity contribution in [3.8, 4) is 22.5 Å². The third-order valence-electron chi connectivity index (χ3n) is 4.27. The largest absolute Gasteiger partial charge is 0.455 e. The Morgan fingerprint density at radius 3 is 2.50 bits per heavy atom. The monoisotopic (exact) mass is 341 g/mol. The first-order chi connectivity index (χ1) is 14.9. The van der Waals surface area contributed by atoms with Gasteiger partial charge in [0.1, 0.15) is 17.0 Å². The van der Waals surface area contributed by atoms with E-state index in [1.165, 1.54) is 0 Å². The summed E-state index contributed by atoms with van der Waals surface area (Å²) in [5.41, 5.74) is 3.06. The van der Waals surface area contributed by atoms with Gasteiger partial charge in [0.05, 0.1) is 18.2 Å². The van der Waals surface area contributed by atoms with Gasteiger partial charge in [-0.05, 0) is 25.1 Å². The highest BCUT2D eigenvalue weighted by molar-refractivity contribution is 6.09. The molecular formula is C23H16N2O. The number of hydrogen-bond acceptors (Lipinski definition) is 3. The Balaban J connectivity index is 1.79. The first kappa shape index (κ1) is 10.5. The van der Waals surface area contributed by atoms with Crippen molar-refractivity contribution in [2.45, 2.75) is 6.92 Å². The van der Waals surface area contributed by atoms with Crippen LogP contribution in [0.5, 0.6) is 0 Å². The van der Waals surface area contributed by atoms with Crippen molar-refractivity contribution in [2.75, 3.05) is 0 Å². The maximum Gasteiger partial charge on any atom is 0.144 e. The molecule has 5 aromatic rings. The van der Waals surface area contributed by atoms with E-state index >= 15 is 0 Å². The standard InChI is InChI=1S/C23H16N2O/c1-15-24-20(16-8-3-2-4-9-16)14-21(25-15)19-12-7-11-18-17-10-5-6-13-22(17)26-23(18)19/h2-14H,1H3/i2D,3D,4D,8D,9D. The van der Waals surface area contributed by atoms with Crippen LogP contribution in [-0.4, -0.2) is 9.97 Å². The summed E-state index contributed by atoms with van der Waals surface area (Å²) in [5, 5.41) is 1.95. The van der Waals surface area contributed by atoms with Crippen LogP contribution in [0.1, 0.15) is 12.7 Å². The molecule has 3 aromatic carbocycles. The molecule has 0 N–H and O–H groups in total. The lowest BCUT2D eigenvalue weighted by atomic mass is 10.0. The average Bonchev–Trinajstić information content (AvgIpc) is 3.15. The normalized spacial score (nSPS) is 14.0. The zero-order valence-corrected chi connectivity index (χ0v) is 13.9. The summed E-state index contributed by atoms with van der Waals surface area (Å²) >= 11 is 0. The molecule has 3 nitrogen and oxygen atoms in total. The highest BCUT2D eigenvalue weighted by Gasteiger charge is 2.14. The molecule has 3 heteroatoms. The minimum absolute atomic E-state index is 0.0505. The van der Waals surface area contributed by atoms with E-state index in [1.54, 1.807) is 13.0 Å². The molecule has 0 saturated heterocycles. The van der Waals surface area contributed by atoms with Crippen molar-refractivity contribution in [3.05, 3.63) is 84.6 Å². The van der Waals surface area contributed by atoms with Gasteiger partial charge in [-0.2, -0.15) is 0 Å². The molecule has 2 heterocycles. The van der Waals surface area contributed by atoms with Crippen molar-refractivity contribution >= 4 is 21.9 Å². The number of nitrogens with zero attached hydrogens (tertiary/aromatic N) is 2. The maximum absolute atomic E-state index is 8.27. The van der Waals surface area contributed by atoms with Gasteiger partial charge in [0, 0.05) is 21.9 Å². The molecular weight excluding hydrogens is 320 g/mol. The van der Waals surface area contributed by atoms with Crippen molar-refractivity contribution in [1.82, 2.24) is 9.97 Å². The van der Waals surface area contributed by atoms with Gasteiger partial charge in [0.15, 0.2) is 0 Å². The van der Waals surface area contributed by atoms with E-state index in [4.69, 9.17) is 11.3 Å². The zero-order chi connectivity index (χ0) is 21.9. The Kier molecular flexibility index (Phi) is 2.35. The molecule has 0 fully saturated rings. The van der Waals surface area contributed by atoms with Crippen LogP contribution in [0.4, 0.5) is 0 Å². The van der Waals surface area contributed by atoms with Crippen molar-refractivity contribution in [3.63, 3.8) is 0 Å². The Hall–Kier alpha value is -3.46. The fourth-order valence-corrected chi connectivity index (χ4v) is 3.16. The summed E-state index contributed by atoms with van der Waals surface area (Å²) in [6, 6.07) is 13.4. The number of rotatable bonds is 2. The topological polar surface area (TPSA) is 38.9 Å². The number of aromatic nitrogens is 2. The van der Waals surface area contributed by atoms with E-state index in [0.29, 0.717) is 17.1 Å². The second kappa shape index (κ2) is 5.81. The summed E-state index contributed by atoms with van der Waals surface area (Å²) in [6.07, 6.45) is 0. The number of furan rings is 1. The smallest absolute Gasteiger partial charge is 0.144 e. The highest BCUT2D eigenvalue weighted by atomic mass is 16.3.